The fourth-order valence-electron chi connectivity index (χ4n) is 1.86. The van der Waals surface area contributed by atoms with Crippen LogP contribution in [0.5, 0.6) is 0 Å². The maximum atomic E-state index is 12.1. The number of carbonyl (C=O) groups is 1. The first-order chi connectivity index (χ1) is 9.21. The van der Waals surface area contributed by atoms with Crippen molar-refractivity contribution in [1.82, 2.24) is 4.90 Å². The highest BCUT2D eigenvalue weighted by molar-refractivity contribution is 5.89. The fourth-order valence-corrected chi connectivity index (χ4v) is 1.86. The van der Waals surface area contributed by atoms with Crippen molar-refractivity contribution >= 4 is 11.7 Å². The molecule has 1 rings (SSSR count). The number of rotatable bonds is 7. The molecule has 2 N–H and O–H groups in total. The van der Waals surface area contributed by atoms with E-state index >= 15 is 0 Å². The molecule has 0 spiro atoms. The smallest absolute Gasteiger partial charge is 0.321 e. The van der Waals surface area contributed by atoms with Crippen LogP contribution in [0.2, 0.25) is 0 Å². The first-order valence-electron chi connectivity index (χ1n) is 6.97. The first-order valence-corrected chi connectivity index (χ1v) is 6.97. The Kier molecular flexibility index (Phi) is 6.97. The molecule has 0 atom stereocenters. The number of aliphatic hydroxyl groups excluding tert-OH is 1. The number of hydrogen-bond donors (Lipinski definition) is 2. The highest BCUT2D eigenvalue weighted by Crippen LogP contribution is 2.12. The van der Waals surface area contributed by atoms with Gasteiger partial charge in [-0.2, -0.15) is 0 Å². The molecule has 1 aromatic carbocycles. The number of benzene rings is 1. The van der Waals surface area contributed by atoms with E-state index < -0.39 is 0 Å². The maximum absolute atomic E-state index is 12.1. The van der Waals surface area contributed by atoms with Crippen molar-refractivity contribution in [2.45, 2.75) is 33.1 Å². The highest BCUT2D eigenvalue weighted by Gasteiger charge is 2.12. The van der Waals surface area contributed by atoms with E-state index in [1.165, 1.54) is 5.56 Å². The van der Waals surface area contributed by atoms with E-state index in [0.29, 0.717) is 13.1 Å². The maximum Gasteiger partial charge on any atom is 0.321 e. The van der Waals surface area contributed by atoms with Gasteiger partial charge < -0.3 is 15.3 Å². The minimum absolute atomic E-state index is 0.00780. The molecule has 19 heavy (non-hydrogen) atoms. The van der Waals surface area contributed by atoms with Gasteiger partial charge >= 0.3 is 6.03 Å². The van der Waals surface area contributed by atoms with E-state index in [2.05, 4.69) is 19.2 Å². The lowest BCUT2D eigenvalue weighted by molar-refractivity contribution is 0.187. The number of nitrogens with zero attached hydrogens (tertiary/aromatic N) is 1. The third-order valence-corrected chi connectivity index (χ3v) is 3.03. The number of anilines is 1. The van der Waals surface area contributed by atoms with Crippen molar-refractivity contribution in [2.24, 2.45) is 0 Å². The second-order valence-corrected chi connectivity index (χ2v) is 4.55. The Bertz CT molecular complexity index is 393. The van der Waals surface area contributed by atoms with Crippen molar-refractivity contribution in [2.75, 3.05) is 25.0 Å². The minimum Gasteiger partial charge on any atom is -0.395 e. The Labute approximate surface area is 115 Å². The van der Waals surface area contributed by atoms with Gasteiger partial charge in [-0.05, 0) is 30.5 Å². The molecular formula is C15H24N2O2. The predicted octanol–water partition coefficient (Wildman–Crippen LogP) is 2.88. The topological polar surface area (TPSA) is 52.6 Å². The van der Waals surface area contributed by atoms with Gasteiger partial charge in [0.1, 0.15) is 0 Å². The van der Waals surface area contributed by atoms with Gasteiger partial charge in [0.25, 0.3) is 0 Å². The monoisotopic (exact) mass is 264 g/mol. The summed E-state index contributed by atoms with van der Waals surface area (Å²) in [6, 6.07) is 7.70. The Morgan fingerprint density at radius 3 is 2.74 bits per heavy atom. The van der Waals surface area contributed by atoms with Crippen LogP contribution in [0.3, 0.4) is 0 Å². The van der Waals surface area contributed by atoms with Crippen LogP contribution in [0, 0.1) is 0 Å². The zero-order chi connectivity index (χ0) is 14.1. The molecule has 0 aliphatic carbocycles. The van der Waals surface area contributed by atoms with Gasteiger partial charge in [0, 0.05) is 18.8 Å². The summed E-state index contributed by atoms with van der Waals surface area (Å²) in [7, 11) is 0. The molecule has 4 heteroatoms. The Balaban J connectivity index is 2.63. The third-order valence-electron chi connectivity index (χ3n) is 3.03. The van der Waals surface area contributed by atoms with E-state index in [0.717, 1.165) is 24.9 Å². The number of hydrogen-bond acceptors (Lipinski definition) is 2. The number of amides is 2. The molecule has 0 bridgehead atoms. The largest absolute Gasteiger partial charge is 0.395 e. The first kappa shape index (κ1) is 15.5. The molecule has 0 unspecified atom stereocenters. The molecule has 0 fully saturated rings. The normalized spacial score (nSPS) is 10.3. The van der Waals surface area contributed by atoms with Crippen molar-refractivity contribution in [1.29, 1.82) is 0 Å². The van der Waals surface area contributed by atoms with Crippen molar-refractivity contribution in [3.63, 3.8) is 0 Å². The van der Waals surface area contributed by atoms with Gasteiger partial charge in [-0.3, -0.25) is 0 Å². The van der Waals surface area contributed by atoms with Gasteiger partial charge in [0.05, 0.1) is 6.61 Å². The number of aryl methyl sites for hydroxylation is 1. The fraction of sp³-hybridized carbons (Fsp3) is 0.533. The zero-order valence-electron chi connectivity index (χ0n) is 11.9. The van der Waals surface area contributed by atoms with E-state index in [9.17, 15) is 4.79 Å². The van der Waals surface area contributed by atoms with Crippen LogP contribution < -0.4 is 5.32 Å². The van der Waals surface area contributed by atoms with Crippen LogP contribution in [0.4, 0.5) is 10.5 Å². The summed E-state index contributed by atoms with van der Waals surface area (Å²) in [6.07, 6.45) is 2.92. The van der Waals surface area contributed by atoms with Crippen LogP contribution in [0.1, 0.15) is 32.3 Å². The summed E-state index contributed by atoms with van der Waals surface area (Å²) in [5.74, 6) is 0. The van der Waals surface area contributed by atoms with Crippen LogP contribution >= 0.6 is 0 Å². The molecule has 4 nitrogen and oxygen atoms in total. The molecule has 0 saturated heterocycles. The van der Waals surface area contributed by atoms with Crippen LogP contribution in [-0.4, -0.2) is 35.7 Å². The SMILES string of the molecule is CCCCN(CCO)C(=O)Nc1cccc(CC)c1. The summed E-state index contributed by atoms with van der Waals surface area (Å²) < 4.78 is 0. The Hall–Kier alpha value is -1.55. The van der Waals surface area contributed by atoms with Gasteiger partial charge in [-0.1, -0.05) is 32.4 Å². The summed E-state index contributed by atoms with van der Waals surface area (Å²) in [6.45, 7) is 5.21. The lowest BCUT2D eigenvalue weighted by Crippen LogP contribution is -2.37. The standard InChI is InChI=1S/C15H24N2O2/c1-3-5-9-17(10-11-18)15(19)16-14-8-6-7-13(4-2)12-14/h6-8,12,18H,3-5,9-11H2,1-2H3,(H,16,19). The number of unbranched alkanes of at least 4 members (excludes halogenated alkanes) is 1. The van der Waals surface area contributed by atoms with E-state index in [1.807, 2.05) is 24.3 Å². The molecule has 0 aliphatic heterocycles. The lowest BCUT2D eigenvalue weighted by Gasteiger charge is -2.22. The average molecular weight is 264 g/mol. The molecule has 0 aliphatic rings. The molecule has 106 valence electrons. The molecule has 0 aromatic heterocycles. The van der Waals surface area contributed by atoms with Crippen molar-refractivity contribution in [3.05, 3.63) is 29.8 Å². The molecule has 1 aromatic rings. The van der Waals surface area contributed by atoms with Crippen LogP contribution in [0.15, 0.2) is 24.3 Å². The average Bonchev–Trinajstić information content (AvgIpc) is 2.43. The number of nitrogens with one attached hydrogen (secondary N) is 1. The van der Waals surface area contributed by atoms with Gasteiger partial charge in [0.15, 0.2) is 0 Å². The molecule has 0 saturated carbocycles. The van der Waals surface area contributed by atoms with E-state index in [4.69, 9.17) is 5.11 Å². The molecular weight excluding hydrogens is 240 g/mol. The highest BCUT2D eigenvalue weighted by atomic mass is 16.3. The summed E-state index contributed by atoms with van der Waals surface area (Å²) in [5.41, 5.74) is 2.00. The zero-order valence-corrected chi connectivity index (χ0v) is 11.9. The summed E-state index contributed by atoms with van der Waals surface area (Å²) in [4.78, 5) is 13.8. The Morgan fingerprint density at radius 2 is 2.11 bits per heavy atom. The quantitative estimate of drug-likeness (QED) is 0.795. The van der Waals surface area contributed by atoms with Crippen molar-refractivity contribution in [3.8, 4) is 0 Å². The minimum atomic E-state index is -0.143. The van der Waals surface area contributed by atoms with Crippen LogP contribution in [-0.2, 0) is 6.42 Å². The van der Waals surface area contributed by atoms with Crippen molar-refractivity contribution < 1.29 is 9.90 Å². The number of urea groups is 1. The second kappa shape index (κ2) is 8.53. The summed E-state index contributed by atoms with van der Waals surface area (Å²) in [5, 5.41) is 11.9. The molecule has 0 radical (unpaired) electrons. The van der Waals surface area contributed by atoms with E-state index in [1.54, 1.807) is 4.90 Å². The molecule has 2 amide bonds. The summed E-state index contributed by atoms with van der Waals surface area (Å²) >= 11 is 0. The Morgan fingerprint density at radius 1 is 1.32 bits per heavy atom. The van der Waals surface area contributed by atoms with Gasteiger partial charge in [-0.15, -0.1) is 0 Å². The second-order valence-electron chi connectivity index (χ2n) is 4.55. The number of carbonyl (C=O) groups excluding carboxylic acids is 1. The lowest BCUT2D eigenvalue weighted by atomic mass is 10.1. The number of aliphatic hydroxyl groups is 1. The van der Waals surface area contributed by atoms with Gasteiger partial charge in [-0.25, -0.2) is 4.79 Å². The predicted molar refractivity (Wildman–Crippen MR) is 78.4 cm³/mol. The molecule has 0 heterocycles. The van der Waals surface area contributed by atoms with E-state index in [-0.39, 0.29) is 12.6 Å². The van der Waals surface area contributed by atoms with Crippen LogP contribution in [0.25, 0.3) is 0 Å². The van der Waals surface area contributed by atoms with Gasteiger partial charge in [0.2, 0.25) is 0 Å². The third kappa shape index (κ3) is 5.30.